The number of nitrogens with one attached hydrogen (secondary N) is 1. The van der Waals surface area contributed by atoms with Crippen LogP contribution in [-0.2, 0) is 21.0 Å². The number of aliphatic hydroxyl groups is 1. The van der Waals surface area contributed by atoms with Crippen LogP contribution in [0.4, 0.5) is 19.0 Å². The zero-order valence-electron chi connectivity index (χ0n) is 11.3. The molecule has 0 radical (unpaired) electrons. The number of sulfonamides is 1. The molecule has 1 aliphatic heterocycles. The van der Waals surface area contributed by atoms with E-state index in [0.717, 1.165) is 6.20 Å². The molecule has 7 nitrogen and oxygen atoms in total. The SMILES string of the molecule is O=S(=O)(c1cnc(NCCO)c(C(F)(F)F)c1)N1CCCO1. The van der Waals surface area contributed by atoms with Gasteiger partial charge in [0.2, 0.25) is 0 Å². The van der Waals surface area contributed by atoms with Gasteiger partial charge in [-0.2, -0.15) is 13.2 Å². The van der Waals surface area contributed by atoms with E-state index in [4.69, 9.17) is 9.94 Å². The lowest BCUT2D eigenvalue weighted by atomic mass is 10.2. The monoisotopic (exact) mass is 341 g/mol. The zero-order chi connectivity index (χ0) is 16.4. The normalized spacial score (nSPS) is 16.9. The van der Waals surface area contributed by atoms with Gasteiger partial charge in [0.15, 0.2) is 0 Å². The number of rotatable bonds is 5. The largest absolute Gasteiger partial charge is 0.419 e. The lowest BCUT2D eigenvalue weighted by Gasteiger charge is -2.17. The van der Waals surface area contributed by atoms with E-state index in [1.54, 1.807) is 0 Å². The van der Waals surface area contributed by atoms with Gasteiger partial charge in [0, 0.05) is 19.3 Å². The Hall–Kier alpha value is -1.43. The molecule has 2 N–H and O–H groups in total. The Morgan fingerprint density at radius 1 is 1.45 bits per heavy atom. The number of aliphatic hydroxyl groups excluding tert-OH is 1. The van der Waals surface area contributed by atoms with Gasteiger partial charge >= 0.3 is 6.18 Å². The third-order valence-corrected chi connectivity index (χ3v) is 4.50. The van der Waals surface area contributed by atoms with E-state index in [9.17, 15) is 21.6 Å². The summed E-state index contributed by atoms with van der Waals surface area (Å²) in [6, 6.07) is 0.504. The van der Waals surface area contributed by atoms with Crippen molar-refractivity contribution in [1.82, 2.24) is 9.45 Å². The van der Waals surface area contributed by atoms with E-state index < -0.39 is 32.5 Å². The van der Waals surface area contributed by atoms with Crippen molar-refractivity contribution in [3.63, 3.8) is 0 Å². The smallest absolute Gasteiger partial charge is 0.395 e. The van der Waals surface area contributed by atoms with Gasteiger partial charge in [-0.1, -0.05) is 4.47 Å². The summed E-state index contributed by atoms with van der Waals surface area (Å²) in [4.78, 5) is 7.80. The van der Waals surface area contributed by atoms with Crippen molar-refractivity contribution in [2.75, 3.05) is 31.6 Å². The van der Waals surface area contributed by atoms with Crippen molar-refractivity contribution in [1.29, 1.82) is 0 Å². The quantitative estimate of drug-likeness (QED) is 0.824. The molecule has 0 amide bonds. The third-order valence-electron chi connectivity index (χ3n) is 2.86. The molecule has 0 aliphatic carbocycles. The van der Waals surface area contributed by atoms with Gasteiger partial charge in [0.05, 0.1) is 18.8 Å². The molecule has 1 fully saturated rings. The molecule has 0 saturated carbocycles. The summed E-state index contributed by atoms with van der Waals surface area (Å²) in [6.45, 7) is -0.263. The molecule has 11 heteroatoms. The third kappa shape index (κ3) is 3.48. The molecular weight excluding hydrogens is 327 g/mol. The maximum Gasteiger partial charge on any atom is 0.419 e. The highest BCUT2D eigenvalue weighted by Gasteiger charge is 2.37. The Labute approximate surface area is 124 Å². The molecule has 1 aromatic rings. The van der Waals surface area contributed by atoms with Crippen LogP contribution in [0.25, 0.3) is 0 Å². The van der Waals surface area contributed by atoms with Crippen LogP contribution in [0.3, 0.4) is 0 Å². The van der Waals surface area contributed by atoms with Gasteiger partial charge in [-0.15, -0.1) is 0 Å². The maximum atomic E-state index is 13.0. The predicted octanol–water partition coefficient (Wildman–Crippen LogP) is 0.831. The van der Waals surface area contributed by atoms with E-state index >= 15 is 0 Å². The minimum absolute atomic E-state index is 0.0776. The molecule has 124 valence electrons. The molecule has 0 spiro atoms. The van der Waals surface area contributed by atoms with Crippen LogP contribution < -0.4 is 5.32 Å². The molecule has 1 aromatic heterocycles. The van der Waals surface area contributed by atoms with Crippen LogP contribution >= 0.6 is 0 Å². The maximum absolute atomic E-state index is 13.0. The van der Waals surface area contributed by atoms with Crippen LogP contribution in [0.2, 0.25) is 0 Å². The second-order valence-corrected chi connectivity index (χ2v) is 6.26. The summed E-state index contributed by atoms with van der Waals surface area (Å²) in [7, 11) is -4.19. The van der Waals surface area contributed by atoms with Crippen LogP contribution in [0.15, 0.2) is 17.2 Å². The Morgan fingerprint density at radius 3 is 2.73 bits per heavy atom. The number of anilines is 1. The van der Waals surface area contributed by atoms with Gasteiger partial charge in [-0.25, -0.2) is 13.4 Å². The molecule has 0 bridgehead atoms. The van der Waals surface area contributed by atoms with Crippen LogP contribution in [0, 0.1) is 0 Å². The van der Waals surface area contributed by atoms with Crippen molar-refractivity contribution in [3.05, 3.63) is 17.8 Å². The van der Waals surface area contributed by atoms with E-state index in [-0.39, 0.29) is 26.3 Å². The number of alkyl halides is 3. The van der Waals surface area contributed by atoms with Crippen molar-refractivity contribution >= 4 is 15.8 Å². The highest BCUT2D eigenvalue weighted by atomic mass is 32.2. The first-order valence-corrected chi connectivity index (χ1v) is 7.78. The molecule has 0 aromatic carbocycles. The number of pyridine rings is 1. The first-order valence-electron chi connectivity index (χ1n) is 6.34. The summed E-state index contributed by atoms with van der Waals surface area (Å²) in [5.41, 5.74) is -1.22. The number of aromatic nitrogens is 1. The minimum atomic E-state index is -4.79. The average Bonchev–Trinajstić information content (AvgIpc) is 2.98. The van der Waals surface area contributed by atoms with Crippen LogP contribution in [0.5, 0.6) is 0 Å². The molecule has 22 heavy (non-hydrogen) atoms. The lowest BCUT2D eigenvalue weighted by Crippen LogP contribution is -2.27. The van der Waals surface area contributed by atoms with Crippen molar-refractivity contribution in [3.8, 4) is 0 Å². The van der Waals surface area contributed by atoms with E-state index in [1.165, 1.54) is 0 Å². The number of hydroxylamine groups is 1. The molecule has 1 aliphatic rings. The summed E-state index contributed by atoms with van der Waals surface area (Å²) < 4.78 is 64.1. The second-order valence-electron chi connectivity index (χ2n) is 4.43. The van der Waals surface area contributed by atoms with Gasteiger partial charge in [-0.05, 0) is 12.5 Å². The van der Waals surface area contributed by atoms with Crippen molar-refractivity contribution in [2.24, 2.45) is 0 Å². The lowest BCUT2D eigenvalue weighted by molar-refractivity contribution is -0.137. The molecule has 2 heterocycles. The summed E-state index contributed by atoms with van der Waals surface area (Å²) in [6.07, 6.45) is -3.50. The van der Waals surface area contributed by atoms with Gasteiger partial charge in [0.25, 0.3) is 10.0 Å². The van der Waals surface area contributed by atoms with Crippen molar-refractivity contribution in [2.45, 2.75) is 17.5 Å². The van der Waals surface area contributed by atoms with Crippen LogP contribution in [-0.4, -0.2) is 49.3 Å². The van der Waals surface area contributed by atoms with E-state index in [2.05, 4.69) is 10.3 Å². The molecule has 0 unspecified atom stereocenters. The summed E-state index contributed by atoms with van der Waals surface area (Å²) >= 11 is 0. The molecule has 2 rings (SSSR count). The highest BCUT2D eigenvalue weighted by Crippen LogP contribution is 2.35. The number of nitrogens with zero attached hydrogens (tertiary/aromatic N) is 2. The minimum Gasteiger partial charge on any atom is -0.395 e. The Bertz CT molecular complexity index is 630. The number of halogens is 3. The number of hydrogen-bond donors (Lipinski definition) is 2. The molecule has 1 saturated heterocycles. The van der Waals surface area contributed by atoms with Gasteiger partial charge in [0.1, 0.15) is 10.7 Å². The van der Waals surface area contributed by atoms with Gasteiger partial charge in [-0.3, -0.25) is 4.84 Å². The van der Waals surface area contributed by atoms with Crippen LogP contribution in [0.1, 0.15) is 12.0 Å². The standard InChI is InChI=1S/C11H14F3N3O4S/c12-11(13,14)9-6-8(7-16-10(9)15-2-4-18)22(19,20)17-3-1-5-21-17/h6-7,18H,1-5H2,(H,15,16). The van der Waals surface area contributed by atoms with Gasteiger partial charge < -0.3 is 10.4 Å². The number of hydrogen-bond acceptors (Lipinski definition) is 6. The Kier molecular flexibility index (Phi) is 4.90. The van der Waals surface area contributed by atoms with Crippen molar-refractivity contribution < 1.29 is 31.5 Å². The topological polar surface area (TPSA) is 91.8 Å². The highest BCUT2D eigenvalue weighted by molar-refractivity contribution is 7.89. The molecular formula is C11H14F3N3O4S. The van der Waals surface area contributed by atoms with E-state index in [1.807, 2.05) is 0 Å². The Balaban J connectivity index is 2.42. The second kappa shape index (κ2) is 6.36. The summed E-state index contributed by atoms with van der Waals surface area (Å²) in [5.74, 6) is -0.539. The summed E-state index contributed by atoms with van der Waals surface area (Å²) in [5, 5.41) is 11.0. The first-order chi connectivity index (χ1) is 10.3. The average molecular weight is 341 g/mol. The van der Waals surface area contributed by atoms with E-state index in [0.29, 0.717) is 17.0 Å². The predicted molar refractivity (Wildman–Crippen MR) is 69.3 cm³/mol. The fourth-order valence-electron chi connectivity index (χ4n) is 1.85. The first kappa shape index (κ1) is 16.9. The fraction of sp³-hybridized carbons (Fsp3) is 0.545. The zero-order valence-corrected chi connectivity index (χ0v) is 12.1. The molecule has 0 atom stereocenters. The fourth-order valence-corrected chi connectivity index (χ4v) is 3.12. The Morgan fingerprint density at radius 2 is 2.18 bits per heavy atom.